The smallest absolute Gasteiger partial charge is 0.226 e. The zero-order chi connectivity index (χ0) is 5.61. The van der Waals surface area contributed by atoms with Gasteiger partial charge in [-0.05, 0) is 19.3 Å². The van der Waals surface area contributed by atoms with Crippen LogP contribution in [-0.2, 0) is 4.79 Å². The highest BCUT2D eigenvalue weighted by molar-refractivity contribution is 5.87. The Hall–Kier alpha value is -0.530. The topological polar surface area (TPSA) is 29.1 Å². The fourth-order valence-electron chi connectivity index (χ4n) is 1.34. The fourth-order valence-corrected chi connectivity index (χ4v) is 1.34. The van der Waals surface area contributed by atoms with Crippen LogP contribution in [-0.4, -0.2) is 12.5 Å². The lowest BCUT2D eigenvalue weighted by Gasteiger charge is -1.95. The van der Waals surface area contributed by atoms with E-state index < -0.39 is 0 Å². The summed E-state index contributed by atoms with van der Waals surface area (Å²) in [4.78, 5) is 10.8. The van der Waals surface area contributed by atoms with Crippen molar-refractivity contribution in [2.45, 2.75) is 19.3 Å². The Morgan fingerprint density at radius 1 is 1.38 bits per heavy atom. The van der Waals surface area contributed by atoms with Crippen molar-refractivity contribution in [1.29, 1.82) is 0 Å². The van der Waals surface area contributed by atoms with Crippen molar-refractivity contribution < 1.29 is 4.79 Å². The molecule has 8 heavy (non-hydrogen) atoms. The molecule has 2 heteroatoms. The van der Waals surface area contributed by atoms with Gasteiger partial charge < -0.3 is 5.32 Å². The number of hydrogen-bond donors (Lipinski definition) is 1. The van der Waals surface area contributed by atoms with Gasteiger partial charge in [0.2, 0.25) is 5.91 Å². The number of hydrogen-bond acceptors (Lipinski definition) is 1. The minimum absolute atomic E-state index is 0.153. The van der Waals surface area contributed by atoms with E-state index in [0.29, 0.717) is 5.91 Å². The van der Waals surface area contributed by atoms with E-state index in [2.05, 4.69) is 5.32 Å². The van der Waals surface area contributed by atoms with E-state index in [4.69, 9.17) is 0 Å². The lowest BCUT2D eigenvalue weighted by molar-refractivity contribution is -0.123. The van der Waals surface area contributed by atoms with Gasteiger partial charge >= 0.3 is 0 Å². The van der Waals surface area contributed by atoms with Crippen LogP contribution in [0, 0.1) is 5.41 Å². The summed E-state index contributed by atoms with van der Waals surface area (Å²) < 4.78 is 0. The van der Waals surface area contributed by atoms with Gasteiger partial charge in [-0.2, -0.15) is 0 Å². The van der Waals surface area contributed by atoms with E-state index in [1.165, 1.54) is 0 Å². The second-order valence-corrected chi connectivity index (χ2v) is 2.79. The predicted molar refractivity (Wildman–Crippen MR) is 29.3 cm³/mol. The molecule has 1 saturated carbocycles. The molecule has 0 atom stereocenters. The minimum atomic E-state index is 0.153. The van der Waals surface area contributed by atoms with Gasteiger partial charge in [-0.3, -0.25) is 4.79 Å². The average Bonchev–Trinajstić information content (AvgIpc) is 2.39. The summed E-state index contributed by atoms with van der Waals surface area (Å²) in [5.41, 5.74) is 0.153. The van der Waals surface area contributed by atoms with Gasteiger partial charge in [0, 0.05) is 6.54 Å². The summed E-state index contributed by atoms with van der Waals surface area (Å²) >= 11 is 0. The summed E-state index contributed by atoms with van der Waals surface area (Å²) in [7, 11) is 0. The molecule has 0 bridgehead atoms. The number of carbonyl (C=O) groups is 1. The molecule has 1 heterocycles. The third-order valence-corrected chi connectivity index (χ3v) is 2.22. The fraction of sp³-hybridized carbons (Fsp3) is 0.833. The maximum Gasteiger partial charge on any atom is 0.226 e. The zero-order valence-electron chi connectivity index (χ0n) is 4.74. The minimum Gasteiger partial charge on any atom is -0.356 e. The van der Waals surface area contributed by atoms with E-state index >= 15 is 0 Å². The first-order valence-corrected chi connectivity index (χ1v) is 3.12. The number of amides is 1. The average molecular weight is 111 g/mol. The van der Waals surface area contributed by atoms with Crippen molar-refractivity contribution in [3.63, 3.8) is 0 Å². The Morgan fingerprint density at radius 3 is 2.38 bits per heavy atom. The molecule has 1 spiro atoms. The van der Waals surface area contributed by atoms with E-state index in [1.807, 2.05) is 0 Å². The molecule has 2 nitrogen and oxygen atoms in total. The van der Waals surface area contributed by atoms with Crippen LogP contribution in [0.25, 0.3) is 0 Å². The highest BCUT2D eigenvalue weighted by Crippen LogP contribution is 2.50. The molecule has 2 rings (SSSR count). The van der Waals surface area contributed by atoms with E-state index in [1.54, 1.807) is 0 Å². The summed E-state index contributed by atoms with van der Waals surface area (Å²) in [6.07, 6.45) is 3.36. The van der Waals surface area contributed by atoms with Gasteiger partial charge in [0.1, 0.15) is 0 Å². The van der Waals surface area contributed by atoms with Gasteiger partial charge in [-0.15, -0.1) is 0 Å². The molecular weight excluding hydrogens is 102 g/mol. The Bertz CT molecular complexity index is 137. The monoisotopic (exact) mass is 111 g/mol. The van der Waals surface area contributed by atoms with Crippen LogP contribution in [0.15, 0.2) is 0 Å². The molecule has 0 radical (unpaired) electrons. The molecule has 1 N–H and O–H groups in total. The molecule has 2 aliphatic rings. The van der Waals surface area contributed by atoms with Crippen molar-refractivity contribution in [2.75, 3.05) is 6.54 Å². The standard InChI is InChI=1S/C6H9NO/c8-5-6(1-2-6)3-4-7-5/h1-4H2,(H,7,8). The highest BCUT2D eigenvalue weighted by atomic mass is 16.2. The van der Waals surface area contributed by atoms with Crippen LogP contribution in [0.1, 0.15) is 19.3 Å². The third kappa shape index (κ3) is 0.358. The maximum atomic E-state index is 10.8. The van der Waals surface area contributed by atoms with Gasteiger partial charge in [0.25, 0.3) is 0 Å². The van der Waals surface area contributed by atoms with Crippen molar-refractivity contribution in [3.05, 3.63) is 0 Å². The Balaban J connectivity index is 2.23. The first-order chi connectivity index (χ1) is 3.83. The largest absolute Gasteiger partial charge is 0.356 e. The van der Waals surface area contributed by atoms with Crippen LogP contribution in [0.4, 0.5) is 0 Å². The van der Waals surface area contributed by atoms with Gasteiger partial charge in [-0.25, -0.2) is 0 Å². The number of rotatable bonds is 0. The summed E-state index contributed by atoms with van der Waals surface area (Å²) in [6, 6.07) is 0. The summed E-state index contributed by atoms with van der Waals surface area (Å²) in [5, 5.41) is 2.83. The molecule has 0 aromatic carbocycles. The predicted octanol–water partition coefficient (Wildman–Crippen LogP) is 0.286. The lowest BCUT2D eigenvalue weighted by Crippen LogP contribution is -2.19. The number of nitrogens with one attached hydrogen (secondary N) is 1. The van der Waals surface area contributed by atoms with E-state index in [-0.39, 0.29) is 5.41 Å². The Kier molecular flexibility index (Phi) is 0.581. The molecular formula is C6H9NO. The van der Waals surface area contributed by atoms with Crippen molar-refractivity contribution in [1.82, 2.24) is 5.32 Å². The van der Waals surface area contributed by atoms with Crippen molar-refractivity contribution in [2.24, 2.45) is 5.41 Å². The van der Waals surface area contributed by atoms with E-state index in [9.17, 15) is 4.79 Å². The van der Waals surface area contributed by atoms with Crippen molar-refractivity contribution >= 4 is 5.91 Å². The van der Waals surface area contributed by atoms with E-state index in [0.717, 1.165) is 25.8 Å². The van der Waals surface area contributed by atoms with Crippen LogP contribution in [0.3, 0.4) is 0 Å². The molecule has 0 aromatic heterocycles. The SMILES string of the molecule is O=C1NCCC12CC2. The third-order valence-electron chi connectivity index (χ3n) is 2.22. The molecule has 2 fully saturated rings. The summed E-state index contributed by atoms with van der Waals surface area (Å²) in [5.74, 6) is 0.303. The van der Waals surface area contributed by atoms with Gasteiger partial charge in [0.05, 0.1) is 5.41 Å². The Morgan fingerprint density at radius 2 is 2.12 bits per heavy atom. The first-order valence-electron chi connectivity index (χ1n) is 3.12. The quantitative estimate of drug-likeness (QED) is 0.478. The van der Waals surface area contributed by atoms with Crippen LogP contribution < -0.4 is 5.32 Å². The molecule has 1 amide bonds. The second-order valence-electron chi connectivity index (χ2n) is 2.79. The van der Waals surface area contributed by atoms with Crippen LogP contribution in [0.5, 0.6) is 0 Å². The normalized spacial score (nSPS) is 30.8. The highest BCUT2D eigenvalue weighted by Gasteiger charge is 2.52. The van der Waals surface area contributed by atoms with Gasteiger partial charge in [0.15, 0.2) is 0 Å². The van der Waals surface area contributed by atoms with Crippen LogP contribution >= 0.6 is 0 Å². The molecule has 1 aliphatic carbocycles. The maximum absolute atomic E-state index is 10.8. The van der Waals surface area contributed by atoms with Crippen molar-refractivity contribution in [3.8, 4) is 0 Å². The molecule has 44 valence electrons. The number of carbonyl (C=O) groups excluding carboxylic acids is 1. The second kappa shape index (κ2) is 1.07. The zero-order valence-corrected chi connectivity index (χ0v) is 4.74. The van der Waals surface area contributed by atoms with Crippen LogP contribution in [0.2, 0.25) is 0 Å². The lowest BCUT2D eigenvalue weighted by atomic mass is 10.1. The van der Waals surface area contributed by atoms with Gasteiger partial charge in [-0.1, -0.05) is 0 Å². The first kappa shape index (κ1) is 4.36. The molecule has 1 saturated heterocycles. The molecule has 0 aromatic rings. The molecule has 1 aliphatic heterocycles. The molecule has 0 unspecified atom stereocenters. The summed E-state index contributed by atoms with van der Waals surface area (Å²) in [6.45, 7) is 0.916. The Labute approximate surface area is 48.3 Å².